The molecule has 2 rings (SSSR count). The van der Waals surface area contributed by atoms with E-state index in [1.54, 1.807) is 29.8 Å². The third-order valence-corrected chi connectivity index (χ3v) is 3.11. The summed E-state index contributed by atoms with van der Waals surface area (Å²) in [6.45, 7) is 3.57. The molecule has 0 saturated carbocycles. The van der Waals surface area contributed by atoms with Gasteiger partial charge in [0.05, 0.1) is 18.3 Å². The van der Waals surface area contributed by atoms with Crippen LogP contribution in [0.1, 0.15) is 29.9 Å². The molecule has 0 fully saturated rings. The van der Waals surface area contributed by atoms with Crippen LogP contribution in [0.5, 0.6) is 0 Å². The van der Waals surface area contributed by atoms with Crippen LogP contribution in [0.4, 0.5) is 0 Å². The highest BCUT2D eigenvalue weighted by Crippen LogP contribution is 2.14. The van der Waals surface area contributed by atoms with Gasteiger partial charge in [-0.2, -0.15) is 5.10 Å². The molecule has 0 saturated heterocycles. The number of methoxy groups -OCH3 is 1. The third kappa shape index (κ3) is 2.50. The van der Waals surface area contributed by atoms with E-state index in [0.717, 1.165) is 17.6 Å². The van der Waals surface area contributed by atoms with Crippen molar-refractivity contribution in [3.63, 3.8) is 0 Å². The maximum absolute atomic E-state index is 12.1. The van der Waals surface area contributed by atoms with Gasteiger partial charge >= 0.3 is 5.97 Å². The van der Waals surface area contributed by atoms with Crippen molar-refractivity contribution in [1.29, 1.82) is 0 Å². The highest BCUT2D eigenvalue weighted by Gasteiger charge is 2.23. The van der Waals surface area contributed by atoms with Crippen LogP contribution >= 0.6 is 0 Å². The minimum absolute atomic E-state index is 0.242. The summed E-state index contributed by atoms with van der Waals surface area (Å²) in [6, 6.07) is 5.34. The van der Waals surface area contributed by atoms with Crippen LogP contribution in [0.25, 0.3) is 5.52 Å². The van der Waals surface area contributed by atoms with Gasteiger partial charge in [0.15, 0.2) is 5.78 Å². The second-order valence-corrected chi connectivity index (χ2v) is 4.38. The molecule has 0 N–H and O–H groups in total. The molecule has 1 atom stereocenters. The highest BCUT2D eigenvalue weighted by molar-refractivity contribution is 6.08. The first-order valence-electron chi connectivity index (χ1n) is 6.17. The topological polar surface area (TPSA) is 60.7 Å². The van der Waals surface area contributed by atoms with E-state index in [4.69, 9.17) is 0 Å². The number of ketones is 1. The predicted octanol–water partition coefficient (Wildman–Crippen LogP) is 1.89. The summed E-state index contributed by atoms with van der Waals surface area (Å²) in [5, 5.41) is 4.34. The number of rotatable bonds is 4. The number of carbonyl (C=O) groups excluding carboxylic acids is 2. The predicted molar refractivity (Wildman–Crippen MR) is 70.1 cm³/mol. The number of aryl methyl sites for hydroxylation is 1. The molecular weight excluding hydrogens is 244 g/mol. The van der Waals surface area contributed by atoms with Crippen molar-refractivity contribution in [1.82, 2.24) is 9.61 Å². The van der Waals surface area contributed by atoms with E-state index < -0.39 is 11.9 Å². The summed E-state index contributed by atoms with van der Waals surface area (Å²) in [6.07, 6.45) is 2.56. The first-order chi connectivity index (χ1) is 9.06. The average molecular weight is 260 g/mol. The standard InChI is InChI=1S/C14H16N2O3/c1-4-11-8-12-7-10(5-6-16(12)15-11)13(17)9(2)14(18)19-3/h5-9H,4H2,1-3H3. The van der Waals surface area contributed by atoms with Crippen molar-refractivity contribution >= 4 is 17.3 Å². The summed E-state index contributed by atoms with van der Waals surface area (Å²) in [7, 11) is 1.28. The van der Waals surface area contributed by atoms with E-state index in [-0.39, 0.29) is 5.78 Å². The van der Waals surface area contributed by atoms with E-state index in [1.165, 1.54) is 7.11 Å². The molecule has 5 nitrogen and oxygen atoms in total. The quantitative estimate of drug-likeness (QED) is 0.478. The Morgan fingerprint density at radius 1 is 1.42 bits per heavy atom. The molecule has 0 amide bonds. The van der Waals surface area contributed by atoms with Crippen LogP contribution in [-0.4, -0.2) is 28.5 Å². The molecule has 19 heavy (non-hydrogen) atoms. The van der Waals surface area contributed by atoms with E-state index >= 15 is 0 Å². The minimum Gasteiger partial charge on any atom is -0.468 e. The fourth-order valence-corrected chi connectivity index (χ4v) is 1.91. The lowest BCUT2D eigenvalue weighted by atomic mass is 10.00. The Bertz CT molecular complexity index is 631. The summed E-state index contributed by atoms with van der Waals surface area (Å²) < 4.78 is 6.31. The minimum atomic E-state index is -0.791. The lowest BCUT2D eigenvalue weighted by Gasteiger charge is -2.08. The molecule has 0 aliphatic carbocycles. The average Bonchev–Trinajstić information content (AvgIpc) is 2.86. The number of hydrogen-bond donors (Lipinski definition) is 0. The maximum atomic E-state index is 12.1. The second-order valence-electron chi connectivity index (χ2n) is 4.38. The van der Waals surface area contributed by atoms with Crippen LogP contribution in [0, 0.1) is 5.92 Å². The van der Waals surface area contributed by atoms with Gasteiger partial charge in [-0.15, -0.1) is 0 Å². The fourth-order valence-electron chi connectivity index (χ4n) is 1.91. The Morgan fingerprint density at radius 2 is 2.16 bits per heavy atom. The monoisotopic (exact) mass is 260 g/mol. The molecule has 1 unspecified atom stereocenters. The number of Topliss-reactive ketones (excluding diaryl/α,β-unsaturated/α-hetero) is 1. The summed E-state index contributed by atoms with van der Waals surface area (Å²) in [5.41, 5.74) is 2.30. The summed E-state index contributed by atoms with van der Waals surface area (Å²) >= 11 is 0. The number of fused-ring (bicyclic) bond motifs is 1. The molecule has 0 bridgehead atoms. The lowest BCUT2D eigenvalue weighted by Crippen LogP contribution is -2.22. The number of pyridine rings is 1. The number of carbonyl (C=O) groups is 2. The molecule has 100 valence electrons. The van der Waals surface area contributed by atoms with Crippen LogP contribution in [-0.2, 0) is 16.0 Å². The molecular formula is C14H16N2O3. The number of hydrogen-bond acceptors (Lipinski definition) is 4. The van der Waals surface area contributed by atoms with Gasteiger partial charge in [-0.25, -0.2) is 4.52 Å². The van der Waals surface area contributed by atoms with Gasteiger partial charge in [0.1, 0.15) is 5.92 Å². The fraction of sp³-hybridized carbons (Fsp3) is 0.357. The zero-order valence-electron chi connectivity index (χ0n) is 11.2. The van der Waals surface area contributed by atoms with Crippen molar-refractivity contribution in [2.24, 2.45) is 5.92 Å². The van der Waals surface area contributed by atoms with Crippen molar-refractivity contribution in [3.05, 3.63) is 35.7 Å². The van der Waals surface area contributed by atoms with E-state index in [2.05, 4.69) is 9.84 Å². The van der Waals surface area contributed by atoms with Gasteiger partial charge in [-0.3, -0.25) is 9.59 Å². The zero-order valence-corrected chi connectivity index (χ0v) is 11.2. The summed E-state index contributed by atoms with van der Waals surface area (Å²) in [4.78, 5) is 23.5. The molecule has 0 aromatic carbocycles. The molecule has 0 aliphatic rings. The smallest absolute Gasteiger partial charge is 0.316 e. The van der Waals surface area contributed by atoms with Gasteiger partial charge in [-0.05, 0) is 31.5 Å². The van der Waals surface area contributed by atoms with E-state index in [0.29, 0.717) is 5.56 Å². The van der Waals surface area contributed by atoms with Crippen molar-refractivity contribution in [3.8, 4) is 0 Å². The van der Waals surface area contributed by atoms with Gasteiger partial charge in [0.2, 0.25) is 0 Å². The Labute approximate surface area is 111 Å². The van der Waals surface area contributed by atoms with Crippen LogP contribution in [0.15, 0.2) is 24.4 Å². The third-order valence-electron chi connectivity index (χ3n) is 3.11. The molecule has 2 heterocycles. The van der Waals surface area contributed by atoms with Crippen LogP contribution in [0.2, 0.25) is 0 Å². The number of nitrogens with zero attached hydrogens (tertiary/aromatic N) is 2. The molecule has 5 heteroatoms. The second kappa shape index (κ2) is 5.22. The Kier molecular flexibility index (Phi) is 3.64. The molecule has 0 radical (unpaired) electrons. The number of aromatic nitrogens is 2. The van der Waals surface area contributed by atoms with Gasteiger partial charge in [0, 0.05) is 11.8 Å². The number of ether oxygens (including phenoxy) is 1. The van der Waals surface area contributed by atoms with Crippen molar-refractivity contribution in [2.75, 3.05) is 7.11 Å². The molecule has 2 aromatic heterocycles. The first-order valence-corrected chi connectivity index (χ1v) is 6.17. The van der Waals surface area contributed by atoms with Crippen LogP contribution in [0.3, 0.4) is 0 Å². The SMILES string of the molecule is CCc1cc2cc(C(=O)C(C)C(=O)OC)ccn2n1. The largest absolute Gasteiger partial charge is 0.468 e. The molecule has 0 spiro atoms. The summed E-state index contributed by atoms with van der Waals surface area (Å²) in [5.74, 6) is -1.55. The molecule has 2 aromatic rings. The lowest BCUT2D eigenvalue weighted by molar-refractivity contribution is -0.143. The normalized spacial score (nSPS) is 12.4. The first kappa shape index (κ1) is 13.3. The molecule has 0 aliphatic heterocycles. The van der Waals surface area contributed by atoms with Crippen molar-refractivity contribution < 1.29 is 14.3 Å². The maximum Gasteiger partial charge on any atom is 0.316 e. The van der Waals surface area contributed by atoms with Gasteiger partial charge in [-0.1, -0.05) is 6.92 Å². The zero-order chi connectivity index (χ0) is 14.0. The van der Waals surface area contributed by atoms with Crippen molar-refractivity contribution in [2.45, 2.75) is 20.3 Å². The van der Waals surface area contributed by atoms with Gasteiger partial charge < -0.3 is 4.74 Å². The van der Waals surface area contributed by atoms with E-state index in [1.807, 2.05) is 13.0 Å². The Hall–Kier alpha value is -2.17. The Balaban J connectivity index is 2.35. The highest BCUT2D eigenvalue weighted by atomic mass is 16.5. The number of esters is 1. The Morgan fingerprint density at radius 3 is 2.79 bits per heavy atom. The van der Waals surface area contributed by atoms with Crippen LogP contribution < -0.4 is 0 Å². The van der Waals surface area contributed by atoms with E-state index in [9.17, 15) is 9.59 Å². The van der Waals surface area contributed by atoms with Gasteiger partial charge in [0.25, 0.3) is 0 Å².